The fourth-order valence-corrected chi connectivity index (χ4v) is 3.92. The molecule has 1 aromatic heterocycles. The lowest BCUT2D eigenvalue weighted by Crippen LogP contribution is -2.47. The Bertz CT molecular complexity index is 824. The van der Waals surface area contributed by atoms with Crippen molar-refractivity contribution in [3.8, 4) is 0 Å². The van der Waals surface area contributed by atoms with Crippen LogP contribution >= 0.6 is 0 Å². The minimum atomic E-state index is 0.274. The van der Waals surface area contributed by atoms with Crippen LogP contribution in [-0.2, 0) is 31.2 Å². The van der Waals surface area contributed by atoms with Crippen LogP contribution in [0.4, 0.5) is 0 Å². The van der Waals surface area contributed by atoms with Crippen molar-refractivity contribution >= 4 is 5.96 Å². The molecule has 2 N–H and O–H groups in total. The van der Waals surface area contributed by atoms with E-state index in [1.54, 1.807) is 0 Å². The highest BCUT2D eigenvalue weighted by Gasteiger charge is 2.21. The van der Waals surface area contributed by atoms with Gasteiger partial charge in [-0.2, -0.15) is 0 Å². The van der Waals surface area contributed by atoms with E-state index in [4.69, 9.17) is 9.73 Å². The first-order valence-corrected chi connectivity index (χ1v) is 10.3. The van der Waals surface area contributed by atoms with Gasteiger partial charge in [0.05, 0.1) is 6.10 Å². The summed E-state index contributed by atoms with van der Waals surface area (Å²) in [6, 6.07) is 9.12. The van der Waals surface area contributed by atoms with Gasteiger partial charge < -0.3 is 19.9 Å². The van der Waals surface area contributed by atoms with E-state index in [1.165, 1.54) is 11.1 Å². The number of nitrogens with zero attached hydrogens (tertiary/aromatic N) is 4. The van der Waals surface area contributed by atoms with E-state index in [0.29, 0.717) is 12.6 Å². The molecule has 2 aromatic rings. The number of rotatable bonds is 5. The zero-order valence-electron chi connectivity index (χ0n) is 16.8. The third-order valence-electron chi connectivity index (χ3n) is 5.77. The summed E-state index contributed by atoms with van der Waals surface area (Å²) in [6.45, 7) is 4.10. The van der Waals surface area contributed by atoms with Crippen molar-refractivity contribution in [1.82, 2.24) is 25.4 Å². The third kappa shape index (κ3) is 4.52. The Balaban J connectivity index is 1.43. The first-order valence-electron chi connectivity index (χ1n) is 10.3. The highest BCUT2D eigenvalue weighted by atomic mass is 16.5. The van der Waals surface area contributed by atoms with Gasteiger partial charge in [-0.1, -0.05) is 24.3 Å². The molecule has 1 aliphatic carbocycles. The number of aromatic nitrogens is 3. The second-order valence-corrected chi connectivity index (χ2v) is 7.76. The predicted molar refractivity (Wildman–Crippen MR) is 109 cm³/mol. The Kier molecular flexibility index (Phi) is 5.90. The molecular formula is C21H30N6O. The molecule has 2 heterocycles. The maximum Gasteiger partial charge on any atom is 0.192 e. The average Bonchev–Trinajstić information content (AvgIpc) is 3.35. The van der Waals surface area contributed by atoms with Crippen molar-refractivity contribution in [1.29, 1.82) is 0 Å². The van der Waals surface area contributed by atoms with Gasteiger partial charge in [0.1, 0.15) is 12.4 Å². The van der Waals surface area contributed by atoms with Gasteiger partial charge in [0.15, 0.2) is 11.8 Å². The molecule has 0 radical (unpaired) electrons. The van der Waals surface area contributed by atoms with Crippen LogP contribution in [0.2, 0.25) is 0 Å². The number of benzene rings is 1. The minimum absolute atomic E-state index is 0.274. The number of hydrogen-bond acceptors (Lipinski definition) is 4. The molecule has 0 amide bonds. The molecule has 1 aliphatic heterocycles. The van der Waals surface area contributed by atoms with Crippen LogP contribution in [0.5, 0.6) is 0 Å². The smallest absolute Gasteiger partial charge is 0.192 e. The largest absolute Gasteiger partial charge is 0.376 e. The highest BCUT2D eigenvalue weighted by Crippen LogP contribution is 2.21. The second-order valence-electron chi connectivity index (χ2n) is 7.76. The van der Waals surface area contributed by atoms with E-state index >= 15 is 0 Å². The Morgan fingerprint density at radius 1 is 1.25 bits per heavy atom. The number of aryl methyl sites for hydroxylation is 2. The number of hydrogen-bond donors (Lipinski definition) is 2. The Labute approximate surface area is 166 Å². The molecule has 2 aliphatic rings. The van der Waals surface area contributed by atoms with Gasteiger partial charge in [-0.25, -0.2) is 4.99 Å². The van der Waals surface area contributed by atoms with Crippen molar-refractivity contribution in [2.75, 3.05) is 13.2 Å². The first kappa shape index (κ1) is 18.9. The molecule has 150 valence electrons. The maximum atomic E-state index is 5.75. The fraction of sp³-hybridized carbons (Fsp3) is 0.571. The Morgan fingerprint density at radius 3 is 2.86 bits per heavy atom. The first-order chi connectivity index (χ1) is 13.7. The quantitative estimate of drug-likeness (QED) is 0.610. The van der Waals surface area contributed by atoms with Crippen LogP contribution in [0.1, 0.15) is 42.0 Å². The summed E-state index contributed by atoms with van der Waals surface area (Å²) in [7, 11) is 1.98. The monoisotopic (exact) mass is 382 g/mol. The van der Waals surface area contributed by atoms with Crippen LogP contribution in [0.15, 0.2) is 29.3 Å². The number of fused-ring (bicyclic) bond motifs is 1. The Morgan fingerprint density at radius 2 is 2.11 bits per heavy atom. The van der Waals surface area contributed by atoms with Gasteiger partial charge in [0.2, 0.25) is 0 Å². The van der Waals surface area contributed by atoms with Crippen molar-refractivity contribution in [2.24, 2.45) is 12.0 Å². The molecule has 7 nitrogen and oxygen atoms in total. The highest BCUT2D eigenvalue weighted by molar-refractivity contribution is 5.80. The summed E-state index contributed by atoms with van der Waals surface area (Å²) < 4.78 is 7.74. The second kappa shape index (κ2) is 8.73. The van der Waals surface area contributed by atoms with E-state index in [-0.39, 0.29) is 6.10 Å². The van der Waals surface area contributed by atoms with Gasteiger partial charge >= 0.3 is 0 Å². The molecule has 0 bridgehead atoms. The Hall–Kier alpha value is -2.41. The van der Waals surface area contributed by atoms with Gasteiger partial charge in [0.25, 0.3) is 0 Å². The zero-order chi connectivity index (χ0) is 19.3. The lowest BCUT2D eigenvalue weighted by Gasteiger charge is -2.27. The third-order valence-corrected chi connectivity index (χ3v) is 5.77. The molecular weight excluding hydrogens is 352 g/mol. The van der Waals surface area contributed by atoms with Crippen molar-refractivity contribution in [3.05, 3.63) is 47.0 Å². The lowest BCUT2D eigenvalue weighted by atomic mass is 9.88. The summed E-state index contributed by atoms with van der Waals surface area (Å²) in [5.41, 5.74) is 2.91. The van der Waals surface area contributed by atoms with Gasteiger partial charge in [-0.05, 0) is 50.2 Å². The van der Waals surface area contributed by atoms with E-state index in [1.807, 2.05) is 18.5 Å². The minimum Gasteiger partial charge on any atom is -0.376 e. The van der Waals surface area contributed by atoms with Crippen molar-refractivity contribution in [3.63, 3.8) is 0 Å². The maximum absolute atomic E-state index is 5.75. The van der Waals surface area contributed by atoms with Crippen molar-refractivity contribution in [2.45, 2.75) is 57.7 Å². The summed E-state index contributed by atoms with van der Waals surface area (Å²) in [6.07, 6.45) is 5.77. The van der Waals surface area contributed by atoms with E-state index in [0.717, 1.165) is 62.9 Å². The standard InChI is InChI=1S/C21H30N6O/c1-15-25-26-20(27(15)2)14-23-21(22-13-19-8-5-11-28-19)24-18-10-9-16-6-3-4-7-17(16)12-18/h3-4,6-7,18-19H,5,8-14H2,1-2H3,(H2,22,23,24). The van der Waals surface area contributed by atoms with E-state index in [9.17, 15) is 0 Å². The topological polar surface area (TPSA) is 76.4 Å². The van der Waals surface area contributed by atoms with Crippen LogP contribution in [0.3, 0.4) is 0 Å². The number of ether oxygens (including phenoxy) is 1. The average molecular weight is 383 g/mol. The molecule has 0 saturated carbocycles. The normalized spacial score (nSPS) is 22.1. The predicted octanol–water partition coefficient (Wildman–Crippen LogP) is 1.90. The van der Waals surface area contributed by atoms with Crippen LogP contribution < -0.4 is 10.6 Å². The number of guanidine groups is 1. The molecule has 2 unspecified atom stereocenters. The molecule has 1 aromatic carbocycles. The van der Waals surface area contributed by atoms with E-state index in [2.05, 4.69) is 45.1 Å². The van der Waals surface area contributed by atoms with Gasteiger partial charge in [0, 0.05) is 26.2 Å². The van der Waals surface area contributed by atoms with E-state index < -0.39 is 0 Å². The molecule has 1 fully saturated rings. The van der Waals surface area contributed by atoms with Crippen molar-refractivity contribution < 1.29 is 4.74 Å². The summed E-state index contributed by atoms with van der Waals surface area (Å²) in [5.74, 6) is 2.60. The lowest BCUT2D eigenvalue weighted by molar-refractivity contribution is 0.113. The van der Waals surface area contributed by atoms with Crippen LogP contribution in [0.25, 0.3) is 0 Å². The number of aliphatic imine (C=N–C) groups is 1. The number of nitrogens with one attached hydrogen (secondary N) is 2. The molecule has 28 heavy (non-hydrogen) atoms. The fourth-order valence-electron chi connectivity index (χ4n) is 3.92. The summed E-state index contributed by atoms with van der Waals surface area (Å²) >= 11 is 0. The van der Waals surface area contributed by atoms with Crippen LogP contribution in [0, 0.1) is 6.92 Å². The molecule has 0 spiro atoms. The van der Waals surface area contributed by atoms with Crippen LogP contribution in [-0.4, -0.2) is 46.0 Å². The summed E-state index contributed by atoms with van der Waals surface area (Å²) in [4.78, 5) is 4.79. The molecule has 1 saturated heterocycles. The summed E-state index contributed by atoms with van der Waals surface area (Å²) in [5, 5.41) is 15.5. The molecule has 4 rings (SSSR count). The SMILES string of the molecule is Cc1nnc(CN=C(NCC2CCCO2)NC2CCc3ccccc3C2)n1C. The molecule has 2 atom stereocenters. The zero-order valence-corrected chi connectivity index (χ0v) is 16.8. The molecule has 7 heteroatoms. The van der Waals surface area contributed by atoms with Gasteiger partial charge in [-0.15, -0.1) is 10.2 Å². The van der Waals surface area contributed by atoms with Gasteiger partial charge in [-0.3, -0.25) is 0 Å².